The van der Waals surface area contributed by atoms with E-state index in [1.807, 2.05) is 0 Å². The number of nitrogens with one attached hydrogen (secondary N) is 2. The quantitative estimate of drug-likeness (QED) is 0.259. The van der Waals surface area contributed by atoms with Crippen molar-refractivity contribution in [2.45, 2.75) is 31.7 Å². The van der Waals surface area contributed by atoms with E-state index in [4.69, 9.17) is 21.3 Å². The van der Waals surface area contributed by atoms with Crippen molar-refractivity contribution in [3.8, 4) is 5.75 Å². The lowest BCUT2D eigenvalue weighted by atomic mass is 9.85. The molecule has 2 heterocycles. The molecule has 0 atom stereocenters. The van der Waals surface area contributed by atoms with Crippen molar-refractivity contribution in [3.05, 3.63) is 47.3 Å². The van der Waals surface area contributed by atoms with E-state index in [1.165, 1.54) is 30.5 Å². The number of halogens is 1. The highest BCUT2D eigenvalue weighted by Gasteiger charge is 2.30. The van der Waals surface area contributed by atoms with Crippen molar-refractivity contribution in [1.29, 1.82) is 0 Å². The van der Waals surface area contributed by atoms with Gasteiger partial charge in [-0.2, -0.15) is 0 Å². The van der Waals surface area contributed by atoms with E-state index in [1.54, 1.807) is 18.0 Å². The molecule has 0 spiro atoms. The first-order chi connectivity index (χ1) is 16.4. The van der Waals surface area contributed by atoms with Crippen LogP contribution in [-0.4, -0.2) is 46.5 Å². The minimum atomic E-state index is -0.621. The van der Waals surface area contributed by atoms with Crippen LogP contribution in [0.3, 0.4) is 0 Å². The zero-order chi connectivity index (χ0) is 24.2. The number of amides is 3. The summed E-state index contributed by atoms with van der Waals surface area (Å²) in [5, 5.41) is 15.3. The smallest absolute Gasteiger partial charge is 0.294 e. The SMILES string of the molecule is CN(C=O)[C@H]1CC[C@H](C(=O)Nc2c(C(=O)Nc3ccc(Cl)cn3)oc3ccc(OO)cc23)CC1. The number of hydrogen-bond donors (Lipinski definition) is 3. The van der Waals surface area contributed by atoms with Gasteiger partial charge in [-0.05, 0) is 56.0 Å². The zero-order valence-corrected chi connectivity index (χ0v) is 19.0. The summed E-state index contributed by atoms with van der Waals surface area (Å²) in [7, 11) is 1.73. The highest BCUT2D eigenvalue weighted by atomic mass is 35.5. The number of furan rings is 1. The average Bonchev–Trinajstić information content (AvgIpc) is 3.22. The largest absolute Gasteiger partial charge is 0.449 e. The topological polar surface area (TPSA) is 134 Å². The molecule has 1 saturated carbocycles. The average molecular weight is 487 g/mol. The second-order valence-corrected chi connectivity index (χ2v) is 8.57. The van der Waals surface area contributed by atoms with Crippen LogP contribution >= 0.6 is 11.6 Å². The highest BCUT2D eigenvalue weighted by molar-refractivity contribution is 6.30. The van der Waals surface area contributed by atoms with Crippen molar-refractivity contribution >= 4 is 52.3 Å². The summed E-state index contributed by atoms with van der Waals surface area (Å²) in [6.07, 6.45) is 4.80. The molecule has 1 aromatic carbocycles. The lowest BCUT2D eigenvalue weighted by Crippen LogP contribution is -2.37. The Morgan fingerprint density at radius 3 is 2.62 bits per heavy atom. The van der Waals surface area contributed by atoms with Crippen LogP contribution in [0.25, 0.3) is 11.0 Å². The highest BCUT2D eigenvalue weighted by Crippen LogP contribution is 2.35. The Kier molecular flexibility index (Phi) is 6.99. The molecule has 0 radical (unpaired) electrons. The van der Waals surface area contributed by atoms with Gasteiger partial charge in [-0.3, -0.25) is 14.4 Å². The maximum absolute atomic E-state index is 13.1. The summed E-state index contributed by atoms with van der Waals surface area (Å²) in [6.45, 7) is 0. The van der Waals surface area contributed by atoms with E-state index in [0.717, 1.165) is 6.41 Å². The van der Waals surface area contributed by atoms with Crippen LogP contribution in [0.5, 0.6) is 5.75 Å². The third-order valence-corrected chi connectivity index (χ3v) is 6.22. The Balaban J connectivity index is 1.59. The molecule has 34 heavy (non-hydrogen) atoms. The Labute approximate surface area is 199 Å². The van der Waals surface area contributed by atoms with Crippen LogP contribution in [0.2, 0.25) is 5.02 Å². The normalized spacial score (nSPS) is 17.7. The van der Waals surface area contributed by atoms with E-state index < -0.39 is 5.91 Å². The van der Waals surface area contributed by atoms with Gasteiger partial charge in [-0.1, -0.05) is 11.6 Å². The molecule has 0 unspecified atom stereocenters. The number of benzene rings is 1. The maximum atomic E-state index is 13.1. The number of rotatable bonds is 7. The summed E-state index contributed by atoms with van der Waals surface area (Å²) >= 11 is 5.84. The molecule has 3 amide bonds. The predicted octanol–water partition coefficient (Wildman–Crippen LogP) is 4.17. The summed E-state index contributed by atoms with van der Waals surface area (Å²) in [4.78, 5) is 47.1. The Hall–Kier alpha value is -3.63. The lowest BCUT2D eigenvalue weighted by Gasteiger charge is -2.32. The van der Waals surface area contributed by atoms with Gasteiger partial charge in [0, 0.05) is 30.6 Å². The van der Waals surface area contributed by atoms with E-state index >= 15 is 0 Å². The van der Waals surface area contributed by atoms with Gasteiger partial charge in [0.15, 0.2) is 5.75 Å². The van der Waals surface area contributed by atoms with Crippen LogP contribution in [0.1, 0.15) is 36.2 Å². The number of pyridine rings is 1. The van der Waals surface area contributed by atoms with Crippen molar-refractivity contribution in [2.75, 3.05) is 17.7 Å². The maximum Gasteiger partial charge on any atom is 0.294 e. The van der Waals surface area contributed by atoms with Crippen LogP contribution in [0, 0.1) is 5.92 Å². The number of aromatic nitrogens is 1. The van der Waals surface area contributed by atoms with Gasteiger partial charge in [0.2, 0.25) is 18.1 Å². The first-order valence-electron chi connectivity index (χ1n) is 10.7. The van der Waals surface area contributed by atoms with Gasteiger partial charge in [-0.25, -0.2) is 10.2 Å². The number of anilines is 2. The fourth-order valence-electron chi connectivity index (χ4n) is 4.10. The molecule has 0 saturated heterocycles. The molecule has 10 nitrogen and oxygen atoms in total. The molecule has 1 aliphatic rings. The molecule has 11 heteroatoms. The Bertz CT molecular complexity index is 1200. The lowest BCUT2D eigenvalue weighted by molar-refractivity contribution is -0.137. The fraction of sp³-hybridized carbons (Fsp3) is 0.304. The minimum absolute atomic E-state index is 0.105. The monoisotopic (exact) mass is 486 g/mol. The molecule has 1 fully saturated rings. The van der Waals surface area contributed by atoms with Crippen LogP contribution in [0.4, 0.5) is 11.5 Å². The second kappa shape index (κ2) is 10.1. The molecule has 3 aromatic rings. The van der Waals surface area contributed by atoms with Crippen LogP contribution < -0.4 is 15.5 Å². The van der Waals surface area contributed by atoms with Crippen molar-refractivity contribution in [1.82, 2.24) is 9.88 Å². The van der Waals surface area contributed by atoms with E-state index in [-0.39, 0.29) is 40.9 Å². The molecule has 3 N–H and O–H groups in total. The number of nitrogens with zero attached hydrogens (tertiary/aromatic N) is 2. The Morgan fingerprint density at radius 1 is 1.21 bits per heavy atom. The number of carbonyl (C=O) groups excluding carboxylic acids is 3. The zero-order valence-electron chi connectivity index (χ0n) is 18.3. The van der Waals surface area contributed by atoms with Gasteiger partial charge in [-0.15, -0.1) is 0 Å². The van der Waals surface area contributed by atoms with Gasteiger partial charge >= 0.3 is 0 Å². The molecule has 0 bridgehead atoms. The van der Waals surface area contributed by atoms with E-state index in [2.05, 4.69) is 20.5 Å². The van der Waals surface area contributed by atoms with E-state index in [0.29, 0.717) is 41.7 Å². The van der Waals surface area contributed by atoms with Gasteiger partial charge in [0.1, 0.15) is 17.1 Å². The molecule has 4 rings (SSSR count). The summed E-state index contributed by atoms with van der Waals surface area (Å²) in [5.41, 5.74) is 0.485. The van der Waals surface area contributed by atoms with Crippen molar-refractivity contribution in [2.24, 2.45) is 5.92 Å². The first-order valence-corrected chi connectivity index (χ1v) is 11.1. The van der Waals surface area contributed by atoms with Gasteiger partial charge < -0.3 is 24.8 Å². The Morgan fingerprint density at radius 2 is 1.97 bits per heavy atom. The van der Waals surface area contributed by atoms with Crippen LogP contribution in [-0.2, 0) is 9.59 Å². The molecule has 1 aliphatic carbocycles. The fourth-order valence-corrected chi connectivity index (χ4v) is 4.21. The molecule has 0 aliphatic heterocycles. The van der Waals surface area contributed by atoms with E-state index in [9.17, 15) is 14.4 Å². The van der Waals surface area contributed by atoms with Crippen LogP contribution in [0.15, 0.2) is 40.9 Å². The third-order valence-electron chi connectivity index (χ3n) is 6.00. The summed E-state index contributed by atoms with van der Waals surface area (Å²) in [5.74, 6) is -0.915. The standard InChI is InChI=1S/C23H23ClN4O6/c1-28(12-29)15-5-2-13(3-6-15)22(30)27-20-17-10-16(34-32)7-8-18(17)33-21(20)23(31)26-19-9-4-14(24)11-25-19/h4,7-13,15,32H,2-3,5-6H2,1H3,(H,27,30)(H,25,26,31)/t13-,15-. The molecule has 178 valence electrons. The minimum Gasteiger partial charge on any atom is -0.449 e. The molecular formula is C23H23ClN4O6. The molecule has 2 aromatic heterocycles. The number of fused-ring (bicyclic) bond motifs is 1. The van der Waals surface area contributed by atoms with Crippen molar-refractivity contribution in [3.63, 3.8) is 0 Å². The summed E-state index contributed by atoms with van der Waals surface area (Å²) in [6, 6.07) is 7.66. The number of hydrogen-bond acceptors (Lipinski definition) is 7. The van der Waals surface area contributed by atoms with Gasteiger partial charge in [0.05, 0.1) is 5.02 Å². The second-order valence-electron chi connectivity index (χ2n) is 8.14. The van der Waals surface area contributed by atoms with Crippen molar-refractivity contribution < 1.29 is 28.9 Å². The molecular weight excluding hydrogens is 464 g/mol. The summed E-state index contributed by atoms with van der Waals surface area (Å²) < 4.78 is 5.74. The third kappa shape index (κ3) is 4.97. The first kappa shape index (κ1) is 23.5. The predicted molar refractivity (Wildman–Crippen MR) is 125 cm³/mol. The van der Waals surface area contributed by atoms with Gasteiger partial charge in [0.25, 0.3) is 5.91 Å². The number of carbonyl (C=O) groups is 3.